The molecule has 2 amide bonds. The summed E-state index contributed by atoms with van der Waals surface area (Å²) in [4.78, 5) is 14.5. The number of nitrogens with one attached hydrogen (secondary N) is 2. The Labute approximate surface area is 93.2 Å². The first kappa shape index (κ1) is 11.9. The van der Waals surface area contributed by atoms with Gasteiger partial charge in [-0.2, -0.15) is 4.98 Å². The van der Waals surface area contributed by atoms with Gasteiger partial charge in [-0.25, -0.2) is 4.79 Å². The Morgan fingerprint density at radius 1 is 1.50 bits per heavy atom. The molecule has 1 aromatic heterocycles. The summed E-state index contributed by atoms with van der Waals surface area (Å²) < 4.78 is 4.96. The van der Waals surface area contributed by atoms with Gasteiger partial charge in [0.25, 0.3) is 0 Å². The maximum Gasteiger partial charge on any atom is 0.312 e. The second-order valence-corrected chi connectivity index (χ2v) is 3.01. The van der Waals surface area contributed by atoms with Crippen LogP contribution in [-0.4, -0.2) is 31.2 Å². The molecule has 16 heavy (non-hydrogen) atoms. The van der Waals surface area contributed by atoms with Crippen molar-refractivity contribution in [1.29, 1.82) is 0 Å². The standard InChI is InChI=1S/C9H15N5O2/c1-16-8-6(10)2-3-7(14-8)12-4-5-13-9(11)15/h2-3H,4-5,10H2,1H3,(H,12,14)(H3,11,13,15). The normalized spacial score (nSPS) is 9.56. The lowest BCUT2D eigenvalue weighted by Crippen LogP contribution is -2.33. The quantitative estimate of drug-likeness (QED) is 0.516. The summed E-state index contributed by atoms with van der Waals surface area (Å²) in [5, 5.41) is 5.43. The summed E-state index contributed by atoms with van der Waals surface area (Å²) in [6.07, 6.45) is 0. The average Bonchev–Trinajstić information content (AvgIpc) is 2.26. The molecular weight excluding hydrogens is 210 g/mol. The van der Waals surface area contributed by atoms with E-state index in [2.05, 4.69) is 15.6 Å². The van der Waals surface area contributed by atoms with E-state index >= 15 is 0 Å². The first-order valence-electron chi connectivity index (χ1n) is 4.71. The number of primary amides is 1. The van der Waals surface area contributed by atoms with E-state index in [4.69, 9.17) is 16.2 Å². The van der Waals surface area contributed by atoms with Crippen LogP contribution >= 0.6 is 0 Å². The van der Waals surface area contributed by atoms with Gasteiger partial charge in [-0.05, 0) is 12.1 Å². The highest BCUT2D eigenvalue weighted by molar-refractivity contribution is 5.71. The number of urea groups is 1. The zero-order chi connectivity index (χ0) is 12.0. The number of nitrogen functional groups attached to an aromatic ring is 1. The molecule has 1 heterocycles. The van der Waals surface area contributed by atoms with Gasteiger partial charge in [0.2, 0.25) is 5.88 Å². The van der Waals surface area contributed by atoms with Gasteiger partial charge in [0.1, 0.15) is 5.82 Å². The van der Waals surface area contributed by atoms with Gasteiger partial charge in [-0.3, -0.25) is 0 Å². The van der Waals surface area contributed by atoms with Gasteiger partial charge in [0, 0.05) is 13.1 Å². The number of hydrogen-bond donors (Lipinski definition) is 4. The topological polar surface area (TPSA) is 115 Å². The van der Waals surface area contributed by atoms with Crippen LogP contribution in [0.1, 0.15) is 0 Å². The number of carbonyl (C=O) groups excluding carboxylic acids is 1. The molecule has 0 bridgehead atoms. The van der Waals surface area contributed by atoms with Crippen LogP contribution in [0, 0.1) is 0 Å². The Morgan fingerprint density at radius 2 is 2.25 bits per heavy atom. The van der Waals surface area contributed by atoms with Gasteiger partial charge >= 0.3 is 6.03 Å². The number of carbonyl (C=O) groups is 1. The zero-order valence-corrected chi connectivity index (χ0v) is 8.99. The average molecular weight is 225 g/mol. The first-order chi connectivity index (χ1) is 7.63. The van der Waals surface area contributed by atoms with Crippen LogP contribution < -0.4 is 26.8 Å². The summed E-state index contributed by atoms with van der Waals surface area (Å²) in [6, 6.07) is 2.86. The van der Waals surface area contributed by atoms with E-state index in [0.717, 1.165) is 0 Å². The second-order valence-electron chi connectivity index (χ2n) is 3.01. The second kappa shape index (κ2) is 5.64. The number of ether oxygens (including phenoxy) is 1. The molecule has 1 rings (SSSR count). The molecule has 0 radical (unpaired) electrons. The van der Waals surface area contributed by atoms with Gasteiger partial charge in [0.15, 0.2) is 0 Å². The molecule has 0 aromatic carbocycles. The molecule has 0 atom stereocenters. The van der Waals surface area contributed by atoms with Gasteiger partial charge < -0.3 is 26.8 Å². The molecular formula is C9H15N5O2. The van der Waals surface area contributed by atoms with E-state index in [9.17, 15) is 4.79 Å². The highest BCUT2D eigenvalue weighted by Gasteiger charge is 2.02. The number of anilines is 2. The smallest absolute Gasteiger partial charge is 0.312 e. The van der Waals surface area contributed by atoms with Crippen molar-refractivity contribution in [3.8, 4) is 5.88 Å². The Kier molecular flexibility index (Phi) is 4.19. The van der Waals surface area contributed by atoms with E-state index in [-0.39, 0.29) is 0 Å². The van der Waals surface area contributed by atoms with Crippen molar-refractivity contribution in [3.63, 3.8) is 0 Å². The summed E-state index contributed by atoms with van der Waals surface area (Å²) in [6.45, 7) is 0.937. The number of methoxy groups -OCH3 is 1. The van der Waals surface area contributed by atoms with Crippen molar-refractivity contribution in [2.75, 3.05) is 31.2 Å². The predicted molar refractivity (Wildman–Crippen MR) is 61.3 cm³/mol. The molecule has 0 spiro atoms. The number of hydrogen-bond acceptors (Lipinski definition) is 5. The van der Waals surface area contributed by atoms with Crippen molar-refractivity contribution in [2.24, 2.45) is 5.73 Å². The fourth-order valence-electron chi connectivity index (χ4n) is 1.09. The highest BCUT2D eigenvalue weighted by Crippen LogP contribution is 2.19. The van der Waals surface area contributed by atoms with Crippen molar-refractivity contribution in [2.45, 2.75) is 0 Å². The molecule has 7 heteroatoms. The first-order valence-corrected chi connectivity index (χ1v) is 4.71. The fourth-order valence-corrected chi connectivity index (χ4v) is 1.09. The monoisotopic (exact) mass is 225 g/mol. The van der Waals surface area contributed by atoms with E-state index in [1.54, 1.807) is 12.1 Å². The van der Waals surface area contributed by atoms with Crippen LogP contribution in [0.2, 0.25) is 0 Å². The number of pyridine rings is 1. The molecule has 1 aromatic rings. The third kappa shape index (κ3) is 3.52. The Balaban J connectivity index is 2.45. The van der Waals surface area contributed by atoms with Crippen LogP contribution in [0.5, 0.6) is 5.88 Å². The van der Waals surface area contributed by atoms with Gasteiger partial charge in [-0.15, -0.1) is 0 Å². The van der Waals surface area contributed by atoms with Crippen molar-refractivity contribution in [1.82, 2.24) is 10.3 Å². The van der Waals surface area contributed by atoms with Crippen LogP contribution in [0.3, 0.4) is 0 Å². The van der Waals surface area contributed by atoms with Crippen molar-refractivity contribution >= 4 is 17.5 Å². The maximum absolute atomic E-state index is 10.4. The summed E-state index contributed by atoms with van der Waals surface area (Å²) in [7, 11) is 1.50. The molecule has 0 aliphatic rings. The Morgan fingerprint density at radius 3 is 2.88 bits per heavy atom. The van der Waals surface area contributed by atoms with Gasteiger partial charge in [0.05, 0.1) is 12.8 Å². The van der Waals surface area contributed by atoms with Crippen molar-refractivity contribution < 1.29 is 9.53 Å². The fraction of sp³-hybridized carbons (Fsp3) is 0.333. The lowest BCUT2D eigenvalue weighted by Gasteiger charge is -2.08. The number of rotatable bonds is 5. The molecule has 7 nitrogen and oxygen atoms in total. The minimum Gasteiger partial charge on any atom is -0.479 e. The molecule has 0 saturated heterocycles. The third-order valence-electron chi connectivity index (χ3n) is 1.81. The molecule has 6 N–H and O–H groups in total. The highest BCUT2D eigenvalue weighted by atomic mass is 16.5. The van der Waals surface area contributed by atoms with E-state index in [1.807, 2.05) is 0 Å². The Hall–Kier alpha value is -2.18. The molecule has 0 saturated carbocycles. The number of nitrogens with zero attached hydrogens (tertiary/aromatic N) is 1. The van der Waals surface area contributed by atoms with Crippen LogP contribution in [0.4, 0.5) is 16.3 Å². The zero-order valence-electron chi connectivity index (χ0n) is 8.99. The SMILES string of the molecule is COc1nc(NCCNC(N)=O)ccc1N. The number of nitrogens with two attached hydrogens (primary N) is 2. The van der Waals surface area contributed by atoms with Crippen molar-refractivity contribution in [3.05, 3.63) is 12.1 Å². The summed E-state index contributed by atoms with van der Waals surface area (Å²) in [5.74, 6) is 0.991. The van der Waals surface area contributed by atoms with E-state index in [0.29, 0.717) is 30.5 Å². The van der Waals surface area contributed by atoms with E-state index < -0.39 is 6.03 Å². The lowest BCUT2D eigenvalue weighted by molar-refractivity contribution is 0.249. The predicted octanol–water partition coefficient (Wildman–Crippen LogP) is -0.247. The van der Waals surface area contributed by atoms with Crippen LogP contribution in [-0.2, 0) is 0 Å². The number of aromatic nitrogens is 1. The molecule has 0 unspecified atom stereocenters. The molecule has 88 valence electrons. The van der Waals surface area contributed by atoms with Crippen LogP contribution in [0.25, 0.3) is 0 Å². The molecule has 0 aliphatic carbocycles. The van der Waals surface area contributed by atoms with Crippen LogP contribution in [0.15, 0.2) is 12.1 Å². The summed E-state index contributed by atoms with van der Waals surface area (Å²) in [5.41, 5.74) is 11.0. The molecule has 0 fully saturated rings. The largest absolute Gasteiger partial charge is 0.479 e. The minimum atomic E-state index is -0.551. The Bertz CT molecular complexity index is 369. The maximum atomic E-state index is 10.4. The van der Waals surface area contributed by atoms with Gasteiger partial charge in [-0.1, -0.05) is 0 Å². The molecule has 0 aliphatic heterocycles. The minimum absolute atomic E-state index is 0.368. The third-order valence-corrected chi connectivity index (χ3v) is 1.81. The lowest BCUT2D eigenvalue weighted by atomic mass is 10.4. The number of amides is 2. The summed E-state index contributed by atoms with van der Waals surface area (Å²) >= 11 is 0. The van der Waals surface area contributed by atoms with E-state index in [1.165, 1.54) is 7.11 Å².